The van der Waals surface area contributed by atoms with E-state index in [1.807, 2.05) is 24.3 Å². The van der Waals surface area contributed by atoms with Crippen molar-refractivity contribution in [3.63, 3.8) is 0 Å². The van der Waals surface area contributed by atoms with E-state index in [-0.39, 0.29) is 24.0 Å². The van der Waals surface area contributed by atoms with Gasteiger partial charge in [0.1, 0.15) is 0 Å². The lowest BCUT2D eigenvalue weighted by molar-refractivity contribution is 0.275. The van der Waals surface area contributed by atoms with E-state index in [9.17, 15) is 0 Å². The van der Waals surface area contributed by atoms with E-state index in [4.69, 9.17) is 16.1 Å². The van der Waals surface area contributed by atoms with Crippen molar-refractivity contribution >= 4 is 41.5 Å². The molecular formula is C21H30ClIN6O. The van der Waals surface area contributed by atoms with Crippen LogP contribution < -0.4 is 10.6 Å². The minimum Gasteiger partial charge on any atom is -0.352 e. The Morgan fingerprint density at radius 3 is 2.90 bits per heavy atom. The third-order valence-electron chi connectivity index (χ3n) is 5.79. The molecule has 2 aliphatic rings. The Balaban J connectivity index is 0.00000256. The van der Waals surface area contributed by atoms with Gasteiger partial charge in [0.2, 0.25) is 11.7 Å². The van der Waals surface area contributed by atoms with Gasteiger partial charge in [0.25, 0.3) is 0 Å². The summed E-state index contributed by atoms with van der Waals surface area (Å²) in [5.41, 5.74) is 0.836. The highest BCUT2D eigenvalue weighted by atomic mass is 127. The zero-order valence-corrected chi connectivity index (χ0v) is 20.4. The van der Waals surface area contributed by atoms with E-state index in [2.05, 4.69) is 30.7 Å². The van der Waals surface area contributed by atoms with Gasteiger partial charge in [0.15, 0.2) is 5.96 Å². The summed E-state index contributed by atoms with van der Waals surface area (Å²) in [6.07, 6.45) is 6.77. The standard InChI is InChI=1S/C21H29ClN6O.HI/c1-23-21(25-18-9-10-28(14-18)13-15-5-2-3-6-15)24-12-19-26-20(27-29-19)16-7-4-8-17(22)11-16;/h4,7-8,11,15,18H,2-3,5-6,9-10,12-14H2,1H3,(H2,23,24,25);1H. The number of nitrogens with zero attached hydrogens (tertiary/aromatic N) is 4. The van der Waals surface area contributed by atoms with Crippen LogP contribution in [0, 0.1) is 5.92 Å². The highest BCUT2D eigenvalue weighted by molar-refractivity contribution is 14.0. The molecule has 1 saturated carbocycles. The Hall–Kier alpha value is -1.39. The normalized spacial score (nSPS) is 20.3. The molecule has 0 spiro atoms. The zero-order valence-electron chi connectivity index (χ0n) is 17.3. The van der Waals surface area contributed by atoms with Gasteiger partial charge in [-0.15, -0.1) is 24.0 Å². The number of likely N-dealkylation sites (tertiary alicyclic amines) is 1. The highest BCUT2D eigenvalue weighted by Crippen LogP contribution is 2.26. The van der Waals surface area contributed by atoms with Crippen LogP contribution in [0.15, 0.2) is 33.8 Å². The quantitative estimate of drug-likeness (QED) is 0.326. The Kier molecular flexibility index (Phi) is 8.76. The monoisotopic (exact) mass is 544 g/mol. The second-order valence-corrected chi connectivity index (χ2v) is 8.42. The summed E-state index contributed by atoms with van der Waals surface area (Å²) in [6, 6.07) is 7.84. The largest absolute Gasteiger partial charge is 0.352 e. The van der Waals surface area contributed by atoms with Crippen molar-refractivity contribution in [1.82, 2.24) is 25.7 Å². The molecule has 0 radical (unpaired) electrons. The number of aromatic nitrogens is 2. The first-order chi connectivity index (χ1) is 14.2. The molecule has 9 heteroatoms. The number of guanidine groups is 1. The maximum absolute atomic E-state index is 6.04. The fraction of sp³-hybridized carbons (Fsp3) is 0.571. The number of hydrogen-bond donors (Lipinski definition) is 2. The summed E-state index contributed by atoms with van der Waals surface area (Å²) in [4.78, 5) is 11.4. The molecule has 7 nitrogen and oxygen atoms in total. The summed E-state index contributed by atoms with van der Waals surface area (Å²) < 4.78 is 5.36. The molecule has 0 bridgehead atoms. The van der Waals surface area contributed by atoms with Crippen LogP contribution in [0.3, 0.4) is 0 Å². The topological polar surface area (TPSA) is 78.6 Å². The molecule has 1 aliphatic heterocycles. The molecule has 1 aromatic carbocycles. The van der Waals surface area contributed by atoms with Crippen molar-refractivity contribution in [3.05, 3.63) is 35.2 Å². The van der Waals surface area contributed by atoms with Gasteiger partial charge < -0.3 is 20.1 Å². The van der Waals surface area contributed by atoms with Crippen molar-refractivity contribution in [3.8, 4) is 11.4 Å². The molecule has 1 aliphatic carbocycles. The maximum Gasteiger partial charge on any atom is 0.246 e. The lowest BCUT2D eigenvalue weighted by atomic mass is 10.1. The molecule has 30 heavy (non-hydrogen) atoms. The third kappa shape index (κ3) is 6.31. The molecule has 2 N–H and O–H groups in total. The minimum atomic E-state index is 0. The molecule has 1 saturated heterocycles. The fourth-order valence-corrected chi connectivity index (χ4v) is 4.48. The molecule has 1 aromatic heterocycles. The van der Waals surface area contributed by atoms with Crippen molar-refractivity contribution in [2.24, 2.45) is 10.9 Å². The first kappa shape index (κ1) is 23.3. The SMILES string of the molecule is CN=C(NCc1nc(-c2cccc(Cl)c2)no1)NC1CCN(CC2CCCC2)C1.I. The smallest absolute Gasteiger partial charge is 0.246 e. The average molecular weight is 545 g/mol. The van der Waals surface area contributed by atoms with Crippen molar-refractivity contribution in [1.29, 1.82) is 0 Å². The second-order valence-electron chi connectivity index (χ2n) is 7.99. The Labute approximate surface area is 200 Å². The number of rotatable bonds is 6. The molecule has 4 rings (SSSR count). The Bertz CT molecular complexity index is 838. The molecule has 164 valence electrons. The van der Waals surface area contributed by atoms with Crippen LogP contribution in [-0.4, -0.2) is 53.7 Å². The van der Waals surface area contributed by atoms with Crippen LogP contribution in [0.5, 0.6) is 0 Å². The van der Waals surface area contributed by atoms with Crippen LogP contribution in [0.25, 0.3) is 11.4 Å². The van der Waals surface area contributed by atoms with Crippen molar-refractivity contribution in [2.45, 2.75) is 44.7 Å². The molecule has 2 aromatic rings. The summed E-state index contributed by atoms with van der Waals surface area (Å²) in [7, 11) is 1.78. The highest BCUT2D eigenvalue weighted by Gasteiger charge is 2.26. The Morgan fingerprint density at radius 2 is 2.13 bits per heavy atom. The first-order valence-corrected chi connectivity index (χ1v) is 10.9. The van der Waals surface area contributed by atoms with Gasteiger partial charge in [-0.2, -0.15) is 4.98 Å². The number of benzene rings is 1. The lowest BCUT2D eigenvalue weighted by Gasteiger charge is -2.21. The van der Waals surface area contributed by atoms with E-state index in [1.54, 1.807) is 7.05 Å². The van der Waals surface area contributed by atoms with Crippen LogP contribution in [0.4, 0.5) is 0 Å². The van der Waals surface area contributed by atoms with E-state index in [1.165, 1.54) is 32.2 Å². The summed E-state index contributed by atoms with van der Waals surface area (Å²) >= 11 is 6.04. The van der Waals surface area contributed by atoms with Crippen molar-refractivity contribution in [2.75, 3.05) is 26.7 Å². The summed E-state index contributed by atoms with van der Waals surface area (Å²) in [6.45, 7) is 3.92. The van der Waals surface area contributed by atoms with Crippen molar-refractivity contribution < 1.29 is 4.52 Å². The van der Waals surface area contributed by atoms with Crippen LogP contribution in [0.1, 0.15) is 38.0 Å². The van der Waals surface area contributed by atoms with E-state index >= 15 is 0 Å². The predicted octanol–water partition coefficient (Wildman–Crippen LogP) is 3.94. The first-order valence-electron chi connectivity index (χ1n) is 10.5. The van der Waals surface area contributed by atoms with Gasteiger partial charge in [-0.3, -0.25) is 4.99 Å². The zero-order chi connectivity index (χ0) is 20.1. The van der Waals surface area contributed by atoms with Gasteiger partial charge in [-0.1, -0.05) is 41.7 Å². The van der Waals surface area contributed by atoms with Gasteiger partial charge in [-0.25, -0.2) is 0 Å². The predicted molar refractivity (Wildman–Crippen MR) is 130 cm³/mol. The van der Waals surface area contributed by atoms with Gasteiger partial charge in [-0.05, 0) is 37.3 Å². The maximum atomic E-state index is 6.04. The number of aliphatic imine (C=N–C) groups is 1. The average Bonchev–Trinajstić information content (AvgIpc) is 3.48. The van der Waals surface area contributed by atoms with Crippen LogP contribution in [0.2, 0.25) is 5.02 Å². The number of hydrogen-bond acceptors (Lipinski definition) is 5. The third-order valence-corrected chi connectivity index (χ3v) is 6.02. The van der Waals surface area contributed by atoms with Gasteiger partial charge in [0.05, 0.1) is 6.54 Å². The number of halogens is 2. The molecule has 1 unspecified atom stereocenters. The fourth-order valence-electron chi connectivity index (χ4n) is 4.29. The molecule has 0 amide bonds. The minimum absolute atomic E-state index is 0. The number of nitrogens with one attached hydrogen (secondary N) is 2. The summed E-state index contributed by atoms with van der Waals surface area (Å²) in [5, 5.41) is 11.5. The van der Waals surface area contributed by atoms with E-state index in [0.717, 1.165) is 37.0 Å². The molecule has 2 fully saturated rings. The van der Waals surface area contributed by atoms with Gasteiger partial charge >= 0.3 is 0 Å². The summed E-state index contributed by atoms with van der Waals surface area (Å²) in [5.74, 6) is 2.71. The van der Waals surface area contributed by atoms with E-state index < -0.39 is 0 Å². The van der Waals surface area contributed by atoms with Crippen LogP contribution >= 0.6 is 35.6 Å². The molecule has 1 atom stereocenters. The lowest BCUT2D eigenvalue weighted by Crippen LogP contribution is -2.44. The van der Waals surface area contributed by atoms with Crippen LogP contribution in [-0.2, 0) is 6.54 Å². The molecular weight excluding hydrogens is 515 g/mol. The van der Waals surface area contributed by atoms with Gasteiger partial charge in [0, 0.05) is 43.3 Å². The second kappa shape index (κ2) is 11.3. The Morgan fingerprint density at radius 1 is 1.30 bits per heavy atom. The molecule has 2 heterocycles. The van der Waals surface area contributed by atoms with E-state index in [0.29, 0.717) is 29.3 Å².